The van der Waals surface area contributed by atoms with E-state index in [-0.39, 0.29) is 21.8 Å². The summed E-state index contributed by atoms with van der Waals surface area (Å²) >= 11 is 0. The van der Waals surface area contributed by atoms with E-state index < -0.39 is 22.8 Å². The van der Waals surface area contributed by atoms with Gasteiger partial charge in [0, 0.05) is 11.5 Å². The SMILES string of the molecule is O=c1[nH][nH]c(=O)c2nc3c(F)cc(F)cc3cc12. The fourth-order valence-corrected chi connectivity index (χ4v) is 1.80. The summed E-state index contributed by atoms with van der Waals surface area (Å²) in [5.41, 5.74) is -1.56. The maximum atomic E-state index is 13.5. The number of fused-ring (bicyclic) bond motifs is 2. The molecule has 0 bridgehead atoms. The summed E-state index contributed by atoms with van der Waals surface area (Å²) in [6.45, 7) is 0. The molecule has 0 aliphatic heterocycles. The summed E-state index contributed by atoms with van der Waals surface area (Å²) in [5, 5.41) is 4.31. The van der Waals surface area contributed by atoms with Gasteiger partial charge in [0.1, 0.15) is 16.9 Å². The van der Waals surface area contributed by atoms with Crippen molar-refractivity contribution in [2.75, 3.05) is 0 Å². The summed E-state index contributed by atoms with van der Waals surface area (Å²) < 4.78 is 26.6. The van der Waals surface area contributed by atoms with Crippen LogP contribution in [0.4, 0.5) is 8.78 Å². The number of nitrogens with zero attached hydrogens (tertiary/aromatic N) is 1. The van der Waals surface area contributed by atoms with E-state index in [1.165, 1.54) is 6.07 Å². The summed E-state index contributed by atoms with van der Waals surface area (Å²) in [6.07, 6.45) is 0. The van der Waals surface area contributed by atoms with Crippen LogP contribution in [0.1, 0.15) is 0 Å². The van der Waals surface area contributed by atoms with E-state index in [1.807, 2.05) is 0 Å². The quantitative estimate of drug-likeness (QED) is 0.584. The van der Waals surface area contributed by atoms with Gasteiger partial charge in [-0.15, -0.1) is 0 Å². The first kappa shape index (κ1) is 10.6. The molecule has 2 heterocycles. The van der Waals surface area contributed by atoms with Crippen LogP contribution in [0, 0.1) is 11.6 Å². The Morgan fingerprint density at radius 3 is 2.44 bits per heavy atom. The molecule has 7 heteroatoms. The third-order valence-electron chi connectivity index (χ3n) is 2.59. The van der Waals surface area contributed by atoms with Crippen molar-refractivity contribution in [1.82, 2.24) is 15.2 Å². The smallest absolute Gasteiger partial charge is 0.267 e. The van der Waals surface area contributed by atoms with E-state index in [2.05, 4.69) is 15.2 Å². The Hall–Kier alpha value is -2.57. The first-order valence-electron chi connectivity index (χ1n) is 4.97. The number of benzene rings is 1. The van der Waals surface area contributed by atoms with Crippen molar-refractivity contribution in [3.8, 4) is 0 Å². The number of aromatic nitrogens is 3. The van der Waals surface area contributed by atoms with Crippen molar-refractivity contribution in [1.29, 1.82) is 0 Å². The molecule has 0 saturated carbocycles. The molecule has 0 fully saturated rings. The van der Waals surface area contributed by atoms with Crippen LogP contribution in [0.3, 0.4) is 0 Å². The fourth-order valence-electron chi connectivity index (χ4n) is 1.80. The molecule has 0 spiro atoms. The van der Waals surface area contributed by atoms with Gasteiger partial charge in [0.2, 0.25) is 0 Å². The van der Waals surface area contributed by atoms with Crippen LogP contribution in [-0.2, 0) is 0 Å². The minimum absolute atomic E-state index is 0.0174. The highest BCUT2D eigenvalue weighted by atomic mass is 19.1. The highest BCUT2D eigenvalue weighted by Gasteiger charge is 2.11. The zero-order valence-electron chi connectivity index (χ0n) is 8.75. The first-order chi connectivity index (χ1) is 8.56. The summed E-state index contributed by atoms with van der Waals surface area (Å²) in [6, 6.07) is 2.95. The number of rotatable bonds is 0. The molecule has 18 heavy (non-hydrogen) atoms. The highest BCUT2D eigenvalue weighted by Crippen LogP contribution is 2.19. The number of H-pyrrole nitrogens is 2. The second-order valence-corrected chi connectivity index (χ2v) is 3.75. The van der Waals surface area contributed by atoms with Crippen LogP contribution >= 0.6 is 0 Å². The minimum atomic E-state index is -0.883. The number of hydrogen-bond donors (Lipinski definition) is 2. The minimum Gasteiger partial charge on any atom is -0.267 e. The maximum absolute atomic E-state index is 13.5. The fraction of sp³-hybridized carbons (Fsp3) is 0. The predicted octanol–water partition coefficient (Wildman–Crippen LogP) is 1.04. The summed E-state index contributed by atoms with van der Waals surface area (Å²) in [7, 11) is 0. The van der Waals surface area contributed by atoms with Gasteiger partial charge in [-0.25, -0.2) is 13.8 Å². The third kappa shape index (κ3) is 1.41. The van der Waals surface area contributed by atoms with E-state index in [0.29, 0.717) is 6.07 Å². The van der Waals surface area contributed by atoms with Gasteiger partial charge in [-0.05, 0) is 12.1 Å². The predicted molar refractivity (Wildman–Crippen MR) is 60.4 cm³/mol. The van der Waals surface area contributed by atoms with Crippen molar-refractivity contribution < 1.29 is 8.78 Å². The Kier molecular flexibility index (Phi) is 2.03. The average molecular weight is 249 g/mol. The van der Waals surface area contributed by atoms with Crippen LogP contribution in [0.2, 0.25) is 0 Å². The molecule has 2 N–H and O–H groups in total. The standard InChI is InChI=1S/C11H5F2N3O2/c12-5-1-4-2-6-9(11(18)16-15-10(6)17)14-8(4)7(13)3-5/h1-3H,(H,15,17)(H,16,18). The number of pyridine rings is 1. The lowest BCUT2D eigenvalue weighted by Crippen LogP contribution is -2.20. The van der Waals surface area contributed by atoms with E-state index in [9.17, 15) is 18.4 Å². The Labute approximate surface area is 97.1 Å². The molecule has 0 unspecified atom stereocenters. The van der Waals surface area contributed by atoms with Gasteiger partial charge >= 0.3 is 0 Å². The molecule has 0 aliphatic carbocycles. The van der Waals surface area contributed by atoms with Crippen molar-refractivity contribution in [2.45, 2.75) is 0 Å². The first-order valence-corrected chi connectivity index (χ1v) is 4.97. The van der Waals surface area contributed by atoms with E-state index in [0.717, 1.165) is 6.07 Å². The Balaban J connectivity index is 2.64. The molecular weight excluding hydrogens is 244 g/mol. The van der Waals surface area contributed by atoms with Gasteiger partial charge in [-0.2, -0.15) is 0 Å². The van der Waals surface area contributed by atoms with E-state index >= 15 is 0 Å². The van der Waals surface area contributed by atoms with Crippen molar-refractivity contribution in [3.05, 3.63) is 50.5 Å². The second-order valence-electron chi connectivity index (χ2n) is 3.75. The van der Waals surface area contributed by atoms with E-state index in [4.69, 9.17) is 0 Å². The number of aromatic amines is 2. The molecular formula is C11H5F2N3O2. The van der Waals surface area contributed by atoms with Crippen molar-refractivity contribution in [2.24, 2.45) is 0 Å². The molecule has 0 radical (unpaired) electrons. The monoisotopic (exact) mass is 249 g/mol. The highest BCUT2D eigenvalue weighted by molar-refractivity contribution is 5.91. The van der Waals surface area contributed by atoms with Gasteiger partial charge in [0.25, 0.3) is 11.1 Å². The van der Waals surface area contributed by atoms with Gasteiger partial charge in [0.15, 0.2) is 5.82 Å². The molecule has 1 aromatic carbocycles. The van der Waals surface area contributed by atoms with Gasteiger partial charge < -0.3 is 0 Å². The molecule has 0 saturated heterocycles. The lowest BCUT2D eigenvalue weighted by Gasteiger charge is -2.01. The summed E-state index contributed by atoms with van der Waals surface area (Å²) in [4.78, 5) is 26.7. The van der Waals surface area contributed by atoms with Crippen LogP contribution in [0.25, 0.3) is 21.8 Å². The van der Waals surface area contributed by atoms with Crippen LogP contribution < -0.4 is 11.1 Å². The molecule has 5 nitrogen and oxygen atoms in total. The zero-order chi connectivity index (χ0) is 12.9. The van der Waals surface area contributed by atoms with Gasteiger partial charge in [-0.3, -0.25) is 19.8 Å². The lowest BCUT2D eigenvalue weighted by molar-refractivity contribution is 0.590. The molecule has 3 rings (SSSR count). The molecule has 2 aromatic heterocycles. The topological polar surface area (TPSA) is 78.6 Å². The lowest BCUT2D eigenvalue weighted by atomic mass is 10.1. The number of nitrogens with one attached hydrogen (secondary N) is 2. The van der Waals surface area contributed by atoms with Gasteiger partial charge in [0.05, 0.1) is 5.39 Å². The molecule has 90 valence electrons. The second kappa shape index (κ2) is 3.46. The normalized spacial score (nSPS) is 11.2. The van der Waals surface area contributed by atoms with Crippen molar-refractivity contribution in [3.63, 3.8) is 0 Å². The Morgan fingerprint density at radius 2 is 1.67 bits per heavy atom. The Bertz CT molecular complexity index is 898. The zero-order valence-corrected chi connectivity index (χ0v) is 8.75. The molecule has 0 atom stereocenters. The van der Waals surface area contributed by atoms with Crippen molar-refractivity contribution >= 4 is 21.8 Å². The molecule has 0 aliphatic rings. The van der Waals surface area contributed by atoms with Crippen LogP contribution in [0.15, 0.2) is 27.8 Å². The number of halogens is 2. The third-order valence-corrected chi connectivity index (χ3v) is 2.59. The van der Waals surface area contributed by atoms with Crippen LogP contribution in [0.5, 0.6) is 0 Å². The van der Waals surface area contributed by atoms with E-state index in [1.54, 1.807) is 0 Å². The summed E-state index contributed by atoms with van der Waals surface area (Å²) in [5.74, 6) is -1.66. The van der Waals surface area contributed by atoms with Crippen LogP contribution in [-0.4, -0.2) is 15.2 Å². The largest absolute Gasteiger partial charge is 0.289 e. The van der Waals surface area contributed by atoms with Gasteiger partial charge in [-0.1, -0.05) is 0 Å². The number of hydrogen-bond acceptors (Lipinski definition) is 3. The maximum Gasteiger partial charge on any atom is 0.289 e. The average Bonchev–Trinajstić information content (AvgIpc) is 2.32. The Morgan fingerprint density at radius 1 is 0.944 bits per heavy atom. The molecule has 3 aromatic rings. The molecule has 0 amide bonds.